The van der Waals surface area contributed by atoms with E-state index in [2.05, 4.69) is 34.3 Å². The smallest absolute Gasteiger partial charge is 0.260 e. The molecule has 0 saturated carbocycles. The maximum atomic E-state index is 12.8. The van der Waals surface area contributed by atoms with Crippen molar-refractivity contribution in [3.8, 4) is 22.9 Å². The minimum absolute atomic E-state index is 0.00364. The summed E-state index contributed by atoms with van der Waals surface area (Å²) in [6.07, 6.45) is 3.74. The summed E-state index contributed by atoms with van der Waals surface area (Å²) >= 11 is 0. The van der Waals surface area contributed by atoms with E-state index in [0.29, 0.717) is 18.8 Å². The minimum Gasteiger partial charge on any atom is -0.497 e. The molecule has 1 spiro atoms. The number of piperidine rings is 1. The number of hydrogen-bond acceptors (Lipinski definition) is 5. The molecule has 2 aliphatic rings. The number of rotatable bonds is 5. The predicted molar refractivity (Wildman–Crippen MR) is 122 cm³/mol. The summed E-state index contributed by atoms with van der Waals surface area (Å²) in [5.41, 5.74) is 3.19. The predicted octanol–water partition coefficient (Wildman–Crippen LogP) is 3.82. The fraction of sp³-hybridized carbons (Fsp3) is 0.320. The zero-order valence-electron chi connectivity index (χ0n) is 18.3. The zero-order valence-corrected chi connectivity index (χ0v) is 18.3. The van der Waals surface area contributed by atoms with Crippen LogP contribution >= 0.6 is 0 Å². The molecule has 0 atom stereocenters. The second-order valence-electron chi connectivity index (χ2n) is 8.20. The van der Waals surface area contributed by atoms with Crippen molar-refractivity contribution in [1.29, 1.82) is 0 Å². The van der Waals surface area contributed by atoms with Gasteiger partial charge in [0.2, 0.25) is 0 Å². The lowest BCUT2D eigenvalue weighted by Crippen LogP contribution is -2.51. The topological polar surface area (TPSA) is 65.0 Å². The Morgan fingerprint density at radius 2 is 1.66 bits per heavy atom. The Kier molecular flexibility index (Phi) is 5.17. The number of carbonyl (C=O) groups excluding carboxylic acids is 1. The summed E-state index contributed by atoms with van der Waals surface area (Å²) in [6.45, 7) is 1.37. The number of benzene rings is 2. The highest BCUT2D eigenvalue weighted by Crippen LogP contribution is 2.44. The van der Waals surface area contributed by atoms with Crippen molar-refractivity contribution in [3.05, 3.63) is 66.5 Å². The highest BCUT2D eigenvalue weighted by atomic mass is 16.5. The van der Waals surface area contributed by atoms with E-state index >= 15 is 0 Å². The summed E-state index contributed by atoms with van der Waals surface area (Å²) in [6, 6.07) is 17.6. The Hall–Kier alpha value is -3.61. The molecule has 166 valence electrons. The van der Waals surface area contributed by atoms with E-state index in [-0.39, 0.29) is 18.1 Å². The van der Waals surface area contributed by atoms with Crippen molar-refractivity contribution in [3.63, 3.8) is 0 Å². The fourth-order valence-electron chi connectivity index (χ4n) is 4.68. The Morgan fingerprint density at radius 1 is 0.969 bits per heavy atom. The second kappa shape index (κ2) is 8.15. The first-order chi connectivity index (χ1) is 15.6. The van der Waals surface area contributed by atoms with Crippen molar-refractivity contribution in [2.45, 2.75) is 18.4 Å². The number of methoxy groups -OCH3 is 2. The maximum Gasteiger partial charge on any atom is 0.260 e. The van der Waals surface area contributed by atoms with Crippen LogP contribution in [0.1, 0.15) is 18.5 Å². The van der Waals surface area contributed by atoms with Gasteiger partial charge in [-0.3, -0.25) is 4.79 Å². The van der Waals surface area contributed by atoms with E-state index in [9.17, 15) is 4.79 Å². The Labute approximate surface area is 187 Å². The van der Waals surface area contributed by atoms with Gasteiger partial charge in [-0.1, -0.05) is 0 Å². The van der Waals surface area contributed by atoms with Crippen molar-refractivity contribution in [1.82, 2.24) is 9.47 Å². The van der Waals surface area contributed by atoms with Gasteiger partial charge in [0.05, 0.1) is 31.1 Å². The van der Waals surface area contributed by atoms with Crippen molar-refractivity contribution >= 4 is 11.6 Å². The van der Waals surface area contributed by atoms with Gasteiger partial charge < -0.3 is 29.0 Å². The monoisotopic (exact) mass is 433 g/mol. The molecule has 0 unspecified atom stereocenters. The molecule has 7 nitrogen and oxygen atoms in total. The normalized spacial score (nSPS) is 16.0. The van der Waals surface area contributed by atoms with Crippen LogP contribution in [0, 0.1) is 0 Å². The molecule has 1 N–H and O–H groups in total. The van der Waals surface area contributed by atoms with E-state index < -0.39 is 0 Å². The molecule has 7 heteroatoms. The molecular weight excluding hydrogens is 406 g/mol. The zero-order chi connectivity index (χ0) is 22.1. The molecule has 0 aliphatic carbocycles. The fourth-order valence-corrected chi connectivity index (χ4v) is 4.68. The highest BCUT2D eigenvalue weighted by Gasteiger charge is 2.42. The molecule has 2 aromatic carbocycles. The first-order valence-corrected chi connectivity index (χ1v) is 10.8. The van der Waals surface area contributed by atoms with E-state index in [1.54, 1.807) is 14.2 Å². The van der Waals surface area contributed by atoms with Crippen LogP contribution in [0.5, 0.6) is 17.2 Å². The van der Waals surface area contributed by atoms with Crippen LogP contribution in [0.4, 0.5) is 5.69 Å². The van der Waals surface area contributed by atoms with Gasteiger partial charge >= 0.3 is 0 Å². The van der Waals surface area contributed by atoms with Crippen LogP contribution < -0.4 is 19.5 Å². The van der Waals surface area contributed by atoms with Gasteiger partial charge in [-0.25, -0.2) is 0 Å². The summed E-state index contributed by atoms with van der Waals surface area (Å²) in [5, 5.41) is 3.78. The standard InChI is InChI=1S/C25H27N3O4/c1-30-18-5-7-19(8-6-18)32-17-24(29)27-14-11-25(12-15-27)23-4-3-13-28(23)22-10-9-20(31-2)16-21(22)26-25/h3-10,13,16,26H,11-12,14-15,17H2,1-2H3. The quantitative estimate of drug-likeness (QED) is 0.663. The molecule has 3 aromatic rings. The first kappa shape index (κ1) is 20.3. The van der Waals surface area contributed by atoms with E-state index in [1.165, 1.54) is 5.69 Å². The number of nitrogens with one attached hydrogen (secondary N) is 1. The molecule has 5 rings (SSSR count). The number of aromatic nitrogens is 1. The number of anilines is 1. The number of nitrogens with zero attached hydrogens (tertiary/aromatic N) is 2. The van der Waals surface area contributed by atoms with E-state index in [0.717, 1.165) is 35.7 Å². The van der Waals surface area contributed by atoms with Crippen LogP contribution in [0.3, 0.4) is 0 Å². The molecule has 0 radical (unpaired) electrons. The average Bonchev–Trinajstić information content (AvgIpc) is 3.34. The van der Waals surface area contributed by atoms with Gasteiger partial charge in [-0.2, -0.15) is 0 Å². The highest BCUT2D eigenvalue weighted by molar-refractivity contribution is 5.78. The third-order valence-corrected chi connectivity index (χ3v) is 6.47. The van der Waals surface area contributed by atoms with Crippen molar-refractivity contribution < 1.29 is 19.0 Å². The van der Waals surface area contributed by atoms with Crippen LogP contribution in [0.25, 0.3) is 5.69 Å². The van der Waals surface area contributed by atoms with Gasteiger partial charge in [0, 0.05) is 31.0 Å². The molecule has 1 aromatic heterocycles. The van der Waals surface area contributed by atoms with Crippen LogP contribution in [0.15, 0.2) is 60.8 Å². The van der Waals surface area contributed by atoms with Crippen molar-refractivity contribution in [2.24, 2.45) is 0 Å². The molecule has 2 aliphatic heterocycles. The van der Waals surface area contributed by atoms with Crippen LogP contribution in [0.2, 0.25) is 0 Å². The van der Waals surface area contributed by atoms with E-state index in [4.69, 9.17) is 14.2 Å². The number of hydrogen-bond donors (Lipinski definition) is 1. The maximum absolute atomic E-state index is 12.8. The summed E-state index contributed by atoms with van der Waals surface area (Å²) < 4.78 is 18.5. The number of carbonyl (C=O) groups is 1. The number of fused-ring (bicyclic) bond motifs is 4. The molecule has 1 saturated heterocycles. The third-order valence-electron chi connectivity index (χ3n) is 6.47. The molecule has 1 amide bonds. The molecule has 1 fully saturated rings. The lowest BCUT2D eigenvalue weighted by Gasteiger charge is -2.46. The molecular formula is C25H27N3O4. The summed E-state index contributed by atoms with van der Waals surface area (Å²) in [7, 11) is 3.30. The van der Waals surface area contributed by atoms with Gasteiger partial charge in [-0.15, -0.1) is 0 Å². The summed E-state index contributed by atoms with van der Waals surface area (Å²) in [5.74, 6) is 2.24. The average molecular weight is 434 g/mol. The Morgan fingerprint density at radius 3 is 2.38 bits per heavy atom. The molecule has 0 bridgehead atoms. The molecule has 32 heavy (non-hydrogen) atoms. The van der Waals surface area contributed by atoms with Crippen LogP contribution in [-0.4, -0.2) is 49.3 Å². The summed E-state index contributed by atoms with van der Waals surface area (Å²) in [4.78, 5) is 14.7. The van der Waals surface area contributed by atoms with Gasteiger partial charge in [0.1, 0.15) is 17.2 Å². The number of ether oxygens (including phenoxy) is 3. The minimum atomic E-state index is -0.212. The third kappa shape index (κ3) is 3.53. The number of likely N-dealkylation sites (tertiary alicyclic amines) is 1. The van der Waals surface area contributed by atoms with Gasteiger partial charge in [0.25, 0.3) is 5.91 Å². The van der Waals surface area contributed by atoms with Crippen molar-refractivity contribution in [2.75, 3.05) is 39.2 Å². The first-order valence-electron chi connectivity index (χ1n) is 10.8. The lowest BCUT2D eigenvalue weighted by atomic mass is 9.82. The Bertz CT molecular complexity index is 1110. The SMILES string of the molecule is COc1ccc(OCC(=O)N2CCC3(CC2)Nc2cc(OC)ccc2-n2cccc23)cc1. The largest absolute Gasteiger partial charge is 0.497 e. The lowest BCUT2D eigenvalue weighted by molar-refractivity contribution is -0.134. The van der Waals surface area contributed by atoms with Crippen LogP contribution in [-0.2, 0) is 10.3 Å². The second-order valence-corrected chi connectivity index (χ2v) is 8.20. The van der Waals surface area contributed by atoms with Gasteiger partial charge in [0.15, 0.2) is 6.61 Å². The molecule has 3 heterocycles. The van der Waals surface area contributed by atoms with E-state index in [1.807, 2.05) is 41.3 Å². The van der Waals surface area contributed by atoms with Gasteiger partial charge in [-0.05, 0) is 61.4 Å². The Balaban J connectivity index is 1.27. The number of amides is 1.